The highest BCUT2D eigenvalue weighted by atomic mass is 19.1. The van der Waals surface area contributed by atoms with Crippen LogP contribution in [0.1, 0.15) is 21.5 Å². The number of nitrogens with two attached hydrogens (primary N) is 1. The zero-order valence-corrected chi connectivity index (χ0v) is 11.3. The molecule has 0 radical (unpaired) electrons. The van der Waals surface area contributed by atoms with Gasteiger partial charge in [-0.05, 0) is 37.3 Å². The van der Waals surface area contributed by atoms with Crippen LogP contribution in [0.2, 0.25) is 0 Å². The SMILES string of the molecule is Cc1ccc(C(=O)Nc2ccc(F)cc2/C(N)=N/O)cc1. The highest BCUT2D eigenvalue weighted by Crippen LogP contribution is 2.18. The van der Waals surface area contributed by atoms with E-state index in [1.54, 1.807) is 12.1 Å². The van der Waals surface area contributed by atoms with Crippen LogP contribution in [0.4, 0.5) is 10.1 Å². The monoisotopic (exact) mass is 287 g/mol. The number of halogens is 1. The third kappa shape index (κ3) is 3.36. The summed E-state index contributed by atoms with van der Waals surface area (Å²) in [6, 6.07) is 10.6. The molecule has 108 valence electrons. The number of amides is 1. The van der Waals surface area contributed by atoms with Crippen molar-refractivity contribution < 1.29 is 14.4 Å². The van der Waals surface area contributed by atoms with E-state index in [4.69, 9.17) is 10.9 Å². The number of nitrogens with one attached hydrogen (secondary N) is 1. The number of anilines is 1. The number of carbonyl (C=O) groups excluding carboxylic acids is 1. The van der Waals surface area contributed by atoms with Crippen LogP contribution in [0.3, 0.4) is 0 Å². The molecule has 21 heavy (non-hydrogen) atoms. The number of carbonyl (C=O) groups is 1. The van der Waals surface area contributed by atoms with Crippen LogP contribution in [0.15, 0.2) is 47.6 Å². The fourth-order valence-corrected chi connectivity index (χ4v) is 1.79. The van der Waals surface area contributed by atoms with Gasteiger partial charge in [-0.15, -0.1) is 0 Å². The number of amidine groups is 1. The summed E-state index contributed by atoms with van der Waals surface area (Å²) in [5, 5.41) is 14.2. The summed E-state index contributed by atoms with van der Waals surface area (Å²) in [7, 11) is 0. The van der Waals surface area contributed by atoms with Crippen molar-refractivity contribution in [3.63, 3.8) is 0 Å². The number of nitrogens with zero attached hydrogens (tertiary/aromatic N) is 1. The van der Waals surface area contributed by atoms with Crippen LogP contribution in [-0.4, -0.2) is 17.0 Å². The van der Waals surface area contributed by atoms with Gasteiger partial charge in [0.1, 0.15) is 5.82 Å². The Hall–Kier alpha value is -2.89. The van der Waals surface area contributed by atoms with Gasteiger partial charge in [0.25, 0.3) is 5.91 Å². The summed E-state index contributed by atoms with van der Waals surface area (Å²) in [6.07, 6.45) is 0. The molecule has 0 unspecified atom stereocenters. The van der Waals surface area contributed by atoms with Gasteiger partial charge >= 0.3 is 0 Å². The Labute approximate surface area is 120 Å². The topological polar surface area (TPSA) is 87.7 Å². The smallest absolute Gasteiger partial charge is 0.255 e. The number of aryl methyl sites for hydroxylation is 1. The van der Waals surface area contributed by atoms with Crippen molar-refractivity contribution in [3.05, 3.63) is 65.0 Å². The molecule has 0 saturated carbocycles. The van der Waals surface area contributed by atoms with Gasteiger partial charge in [0.15, 0.2) is 5.84 Å². The second kappa shape index (κ2) is 6.04. The highest BCUT2D eigenvalue weighted by Gasteiger charge is 2.12. The molecule has 2 rings (SSSR count). The first-order valence-electron chi connectivity index (χ1n) is 6.16. The van der Waals surface area contributed by atoms with E-state index in [1.165, 1.54) is 12.1 Å². The van der Waals surface area contributed by atoms with Crippen molar-refractivity contribution >= 4 is 17.4 Å². The zero-order valence-electron chi connectivity index (χ0n) is 11.3. The lowest BCUT2D eigenvalue weighted by atomic mass is 10.1. The van der Waals surface area contributed by atoms with Crippen LogP contribution >= 0.6 is 0 Å². The Morgan fingerprint density at radius 2 is 1.90 bits per heavy atom. The Bertz CT molecular complexity index is 697. The Morgan fingerprint density at radius 3 is 2.52 bits per heavy atom. The second-order valence-corrected chi connectivity index (χ2v) is 4.50. The molecule has 1 amide bonds. The summed E-state index contributed by atoms with van der Waals surface area (Å²) < 4.78 is 13.2. The van der Waals surface area contributed by atoms with Gasteiger partial charge in [-0.1, -0.05) is 22.9 Å². The Morgan fingerprint density at radius 1 is 1.24 bits per heavy atom. The third-order valence-electron chi connectivity index (χ3n) is 2.93. The normalized spacial score (nSPS) is 11.2. The number of hydrogen-bond donors (Lipinski definition) is 3. The summed E-state index contributed by atoms with van der Waals surface area (Å²) in [4.78, 5) is 12.1. The molecule has 0 saturated heterocycles. The third-order valence-corrected chi connectivity index (χ3v) is 2.93. The van der Waals surface area contributed by atoms with Gasteiger partial charge in [0, 0.05) is 11.1 Å². The van der Waals surface area contributed by atoms with Crippen LogP contribution in [-0.2, 0) is 0 Å². The summed E-state index contributed by atoms with van der Waals surface area (Å²) in [6.45, 7) is 1.91. The van der Waals surface area contributed by atoms with E-state index in [-0.39, 0.29) is 23.0 Å². The van der Waals surface area contributed by atoms with Gasteiger partial charge in [-0.25, -0.2) is 4.39 Å². The maximum Gasteiger partial charge on any atom is 0.255 e. The summed E-state index contributed by atoms with van der Waals surface area (Å²) >= 11 is 0. The fraction of sp³-hybridized carbons (Fsp3) is 0.0667. The van der Waals surface area contributed by atoms with Gasteiger partial charge in [0.2, 0.25) is 0 Å². The molecule has 0 aliphatic rings. The molecular formula is C15H14FN3O2. The number of benzene rings is 2. The van der Waals surface area contributed by atoms with Crippen LogP contribution in [0, 0.1) is 12.7 Å². The molecule has 4 N–H and O–H groups in total. The quantitative estimate of drug-likeness (QED) is 0.351. The predicted octanol–water partition coefficient (Wildman–Crippen LogP) is 2.48. The average Bonchev–Trinajstić information content (AvgIpc) is 2.48. The molecule has 0 fully saturated rings. The summed E-state index contributed by atoms with van der Waals surface area (Å²) in [5.74, 6) is -1.20. The van der Waals surface area contributed by atoms with Crippen molar-refractivity contribution in [2.24, 2.45) is 10.9 Å². The first-order valence-corrected chi connectivity index (χ1v) is 6.16. The van der Waals surface area contributed by atoms with Crippen molar-refractivity contribution in [1.29, 1.82) is 0 Å². The fourth-order valence-electron chi connectivity index (χ4n) is 1.79. The van der Waals surface area contributed by atoms with Crippen molar-refractivity contribution in [3.8, 4) is 0 Å². The van der Waals surface area contributed by atoms with Crippen LogP contribution in [0.5, 0.6) is 0 Å². The standard InChI is InChI=1S/C15H14FN3O2/c1-9-2-4-10(5-3-9)15(20)18-13-7-6-11(16)8-12(13)14(17)19-21/h2-8,21H,1H3,(H2,17,19)(H,18,20). The lowest BCUT2D eigenvalue weighted by molar-refractivity contribution is 0.102. The number of oxime groups is 1. The van der Waals surface area contributed by atoms with Gasteiger partial charge in [-0.3, -0.25) is 4.79 Å². The van der Waals surface area contributed by atoms with Crippen LogP contribution < -0.4 is 11.1 Å². The lowest BCUT2D eigenvalue weighted by Gasteiger charge is -2.10. The Kier molecular flexibility index (Phi) is 4.18. The maximum atomic E-state index is 13.2. The molecule has 0 spiro atoms. The minimum atomic E-state index is -0.551. The van der Waals surface area contributed by atoms with Crippen molar-refractivity contribution in [2.45, 2.75) is 6.92 Å². The van der Waals surface area contributed by atoms with E-state index in [2.05, 4.69) is 10.5 Å². The van der Waals surface area contributed by atoms with E-state index in [0.29, 0.717) is 5.56 Å². The molecule has 0 aliphatic carbocycles. The molecule has 0 aliphatic heterocycles. The van der Waals surface area contributed by atoms with Gasteiger partial charge < -0.3 is 16.3 Å². The molecule has 2 aromatic carbocycles. The molecular weight excluding hydrogens is 273 g/mol. The van der Waals surface area contributed by atoms with Gasteiger partial charge in [-0.2, -0.15) is 0 Å². The zero-order chi connectivity index (χ0) is 15.4. The van der Waals surface area contributed by atoms with Crippen molar-refractivity contribution in [1.82, 2.24) is 0 Å². The predicted molar refractivity (Wildman–Crippen MR) is 78.0 cm³/mol. The first kappa shape index (κ1) is 14.5. The molecule has 0 aromatic heterocycles. The average molecular weight is 287 g/mol. The number of rotatable bonds is 3. The summed E-state index contributed by atoms with van der Waals surface area (Å²) in [5.41, 5.74) is 7.34. The molecule has 0 heterocycles. The molecule has 6 heteroatoms. The molecule has 5 nitrogen and oxygen atoms in total. The van der Waals surface area contributed by atoms with E-state index in [0.717, 1.165) is 11.6 Å². The minimum absolute atomic E-state index is 0.109. The highest BCUT2D eigenvalue weighted by molar-refractivity contribution is 6.09. The first-order chi connectivity index (χ1) is 10.0. The largest absolute Gasteiger partial charge is 0.409 e. The molecule has 0 bridgehead atoms. The minimum Gasteiger partial charge on any atom is -0.409 e. The Balaban J connectivity index is 2.31. The maximum absolute atomic E-state index is 13.2. The molecule has 2 aromatic rings. The van der Waals surface area contributed by atoms with E-state index >= 15 is 0 Å². The van der Waals surface area contributed by atoms with E-state index < -0.39 is 5.82 Å². The van der Waals surface area contributed by atoms with E-state index in [9.17, 15) is 9.18 Å². The molecule has 0 atom stereocenters. The van der Waals surface area contributed by atoms with E-state index in [1.807, 2.05) is 19.1 Å². The van der Waals surface area contributed by atoms with Gasteiger partial charge in [0.05, 0.1) is 5.69 Å². The number of hydrogen-bond acceptors (Lipinski definition) is 3. The van der Waals surface area contributed by atoms with Crippen LogP contribution in [0.25, 0.3) is 0 Å². The second-order valence-electron chi connectivity index (χ2n) is 4.50. The lowest BCUT2D eigenvalue weighted by Crippen LogP contribution is -2.19. The van der Waals surface area contributed by atoms with Crippen molar-refractivity contribution in [2.75, 3.05) is 5.32 Å².